The lowest BCUT2D eigenvalue weighted by atomic mass is 10.1. The maximum atomic E-state index is 4.56. The molecule has 100 valence electrons. The van der Waals surface area contributed by atoms with Gasteiger partial charge in [-0.15, -0.1) is 0 Å². The number of nitrogens with zero attached hydrogens (tertiary/aromatic N) is 3. The van der Waals surface area contributed by atoms with Crippen LogP contribution in [0.2, 0.25) is 0 Å². The summed E-state index contributed by atoms with van der Waals surface area (Å²) in [6.45, 7) is 7.73. The van der Waals surface area contributed by atoms with Crippen molar-refractivity contribution in [1.29, 1.82) is 0 Å². The van der Waals surface area contributed by atoms with E-state index in [1.54, 1.807) is 0 Å². The Hall–Kier alpha value is -1.13. The second kappa shape index (κ2) is 5.67. The Bertz CT molecular complexity index is 376. The van der Waals surface area contributed by atoms with Crippen molar-refractivity contribution in [2.45, 2.75) is 25.9 Å². The Morgan fingerprint density at radius 1 is 1.39 bits per heavy atom. The van der Waals surface area contributed by atoms with Crippen molar-refractivity contribution in [2.24, 2.45) is 0 Å². The summed E-state index contributed by atoms with van der Waals surface area (Å²) in [5.41, 5.74) is 2.34. The van der Waals surface area contributed by atoms with Crippen molar-refractivity contribution < 1.29 is 0 Å². The zero-order valence-corrected chi connectivity index (χ0v) is 11.8. The van der Waals surface area contributed by atoms with Gasteiger partial charge in [0.1, 0.15) is 0 Å². The molecule has 0 amide bonds. The van der Waals surface area contributed by atoms with Crippen LogP contribution in [0.1, 0.15) is 25.6 Å². The van der Waals surface area contributed by atoms with Crippen molar-refractivity contribution in [3.05, 3.63) is 24.0 Å². The van der Waals surface area contributed by atoms with Gasteiger partial charge >= 0.3 is 0 Å². The lowest BCUT2D eigenvalue weighted by Gasteiger charge is -2.39. The minimum atomic E-state index is 0.309. The molecular formula is C14H24N4. The Balaban J connectivity index is 2.09. The van der Waals surface area contributed by atoms with Gasteiger partial charge in [-0.25, -0.2) is 0 Å². The maximum Gasteiger partial charge on any atom is 0.0571 e. The van der Waals surface area contributed by atoms with Gasteiger partial charge in [-0.3, -0.25) is 4.98 Å². The van der Waals surface area contributed by atoms with Gasteiger partial charge in [0.05, 0.1) is 17.6 Å². The van der Waals surface area contributed by atoms with Gasteiger partial charge in [-0.05, 0) is 40.1 Å². The van der Waals surface area contributed by atoms with Gasteiger partial charge in [-0.1, -0.05) is 0 Å². The van der Waals surface area contributed by atoms with Crippen LogP contribution < -0.4 is 10.2 Å². The number of rotatable bonds is 3. The van der Waals surface area contributed by atoms with Crippen LogP contribution in [0.4, 0.5) is 5.69 Å². The number of hydrogen-bond acceptors (Lipinski definition) is 4. The highest BCUT2D eigenvalue weighted by molar-refractivity contribution is 5.46. The van der Waals surface area contributed by atoms with Gasteiger partial charge in [0, 0.05) is 31.7 Å². The molecule has 0 spiro atoms. The number of anilines is 1. The molecule has 2 heterocycles. The summed E-state index contributed by atoms with van der Waals surface area (Å²) in [4.78, 5) is 9.39. The minimum Gasteiger partial charge on any atom is -0.365 e. The number of aromatic nitrogens is 1. The van der Waals surface area contributed by atoms with Crippen LogP contribution in [-0.2, 0) is 0 Å². The SMILES string of the molecule is CNC(C)c1ccc(N2CCN(C)CC2C)cn1. The molecule has 0 aliphatic carbocycles. The average Bonchev–Trinajstić information content (AvgIpc) is 2.38. The molecule has 1 aromatic rings. The highest BCUT2D eigenvalue weighted by Gasteiger charge is 2.21. The fourth-order valence-corrected chi connectivity index (χ4v) is 2.49. The number of nitrogens with one attached hydrogen (secondary N) is 1. The van der Waals surface area contributed by atoms with E-state index in [1.807, 2.05) is 13.2 Å². The fourth-order valence-electron chi connectivity index (χ4n) is 2.49. The highest BCUT2D eigenvalue weighted by atomic mass is 15.3. The summed E-state index contributed by atoms with van der Waals surface area (Å²) in [6.07, 6.45) is 2.00. The lowest BCUT2D eigenvalue weighted by Crippen LogP contribution is -2.50. The first-order valence-electron chi connectivity index (χ1n) is 6.70. The van der Waals surface area contributed by atoms with Crippen LogP contribution in [-0.4, -0.2) is 49.7 Å². The van der Waals surface area contributed by atoms with E-state index in [1.165, 1.54) is 5.69 Å². The molecule has 4 heteroatoms. The van der Waals surface area contributed by atoms with Crippen molar-refractivity contribution in [3.63, 3.8) is 0 Å². The van der Waals surface area contributed by atoms with E-state index in [-0.39, 0.29) is 0 Å². The van der Waals surface area contributed by atoms with Gasteiger partial charge in [0.2, 0.25) is 0 Å². The predicted octanol–water partition coefficient (Wildman–Crippen LogP) is 1.50. The molecule has 2 rings (SSSR count). The maximum absolute atomic E-state index is 4.56. The Morgan fingerprint density at radius 2 is 2.17 bits per heavy atom. The zero-order chi connectivity index (χ0) is 13.1. The fraction of sp³-hybridized carbons (Fsp3) is 0.643. The van der Waals surface area contributed by atoms with E-state index >= 15 is 0 Å². The quantitative estimate of drug-likeness (QED) is 0.878. The summed E-state index contributed by atoms with van der Waals surface area (Å²) in [5.74, 6) is 0. The normalized spacial score (nSPS) is 23.1. The molecule has 0 radical (unpaired) electrons. The van der Waals surface area contributed by atoms with E-state index in [2.05, 4.69) is 53.1 Å². The van der Waals surface area contributed by atoms with Gasteiger partial charge in [-0.2, -0.15) is 0 Å². The van der Waals surface area contributed by atoms with Gasteiger partial charge < -0.3 is 15.1 Å². The van der Waals surface area contributed by atoms with E-state index in [0.29, 0.717) is 12.1 Å². The first kappa shape index (κ1) is 13.3. The number of pyridine rings is 1. The molecule has 4 nitrogen and oxygen atoms in total. The van der Waals surface area contributed by atoms with Crippen LogP contribution in [0.25, 0.3) is 0 Å². The van der Waals surface area contributed by atoms with Crippen LogP contribution >= 0.6 is 0 Å². The van der Waals surface area contributed by atoms with Crippen LogP contribution in [0.15, 0.2) is 18.3 Å². The molecule has 1 saturated heterocycles. The Kier molecular flexibility index (Phi) is 4.19. The predicted molar refractivity (Wildman–Crippen MR) is 76.0 cm³/mol. The van der Waals surface area contributed by atoms with Gasteiger partial charge in [0.15, 0.2) is 0 Å². The van der Waals surface area contributed by atoms with E-state index in [0.717, 1.165) is 25.3 Å². The lowest BCUT2D eigenvalue weighted by molar-refractivity contribution is 0.275. The van der Waals surface area contributed by atoms with Crippen molar-refractivity contribution in [1.82, 2.24) is 15.2 Å². The second-order valence-electron chi connectivity index (χ2n) is 5.26. The molecule has 1 N–H and O–H groups in total. The standard InChI is InChI=1S/C14H24N4/c1-11-10-17(4)7-8-18(11)13-5-6-14(16-9-13)12(2)15-3/h5-6,9,11-12,15H,7-8,10H2,1-4H3. The highest BCUT2D eigenvalue weighted by Crippen LogP contribution is 2.20. The largest absolute Gasteiger partial charge is 0.365 e. The smallest absolute Gasteiger partial charge is 0.0571 e. The van der Waals surface area contributed by atoms with Crippen molar-refractivity contribution >= 4 is 5.69 Å². The summed E-state index contributed by atoms with van der Waals surface area (Å²) in [7, 11) is 4.15. The number of piperazine rings is 1. The zero-order valence-electron chi connectivity index (χ0n) is 11.8. The molecule has 1 aliphatic heterocycles. The third-order valence-electron chi connectivity index (χ3n) is 3.81. The molecule has 1 aromatic heterocycles. The van der Waals surface area contributed by atoms with Crippen LogP contribution in [0.5, 0.6) is 0 Å². The molecule has 1 fully saturated rings. The van der Waals surface area contributed by atoms with Gasteiger partial charge in [0.25, 0.3) is 0 Å². The molecule has 1 aliphatic rings. The first-order valence-corrected chi connectivity index (χ1v) is 6.70. The Morgan fingerprint density at radius 3 is 2.72 bits per heavy atom. The monoisotopic (exact) mass is 248 g/mol. The number of likely N-dealkylation sites (N-methyl/N-ethyl adjacent to an activating group) is 1. The van der Waals surface area contributed by atoms with Crippen LogP contribution in [0.3, 0.4) is 0 Å². The Labute approximate surface area is 110 Å². The molecule has 0 bridgehead atoms. The van der Waals surface area contributed by atoms with Crippen molar-refractivity contribution in [3.8, 4) is 0 Å². The van der Waals surface area contributed by atoms with E-state index < -0.39 is 0 Å². The third-order valence-corrected chi connectivity index (χ3v) is 3.81. The van der Waals surface area contributed by atoms with Crippen LogP contribution in [0, 0.1) is 0 Å². The van der Waals surface area contributed by atoms with E-state index in [4.69, 9.17) is 0 Å². The minimum absolute atomic E-state index is 0.309. The molecule has 0 aromatic carbocycles. The molecular weight excluding hydrogens is 224 g/mol. The molecule has 0 saturated carbocycles. The molecule has 18 heavy (non-hydrogen) atoms. The van der Waals surface area contributed by atoms with E-state index in [9.17, 15) is 0 Å². The van der Waals surface area contributed by atoms with Crippen molar-refractivity contribution in [2.75, 3.05) is 38.6 Å². The summed E-state index contributed by atoms with van der Waals surface area (Å²) < 4.78 is 0. The number of hydrogen-bond donors (Lipinski definition) is 1. The second-order valence-corrected chi connectivity index (χ2v) is 5.26. The molecule has 2 atom stereocenters. The summed E-state index contributed by atoms with van der Waals surface area (Å²) in [6, 6.07) is 5.18. The summed E-state index contributed by atoms with van der Waals surface area (Å²) >= 11 is 0. The topological polar surface area (TPSA) is 31.4 Å². The summed E-state index contributed by atoms with van der Waals surface area (Å²) in [5, 5.41) is 3.21. The average molecular weight is 248 g/mol. The molecule has 2 unspecified atom stereocenters. The first-order chi connectivity index (χ1) is 8.61. The third kappa shape index (κ3) is 2.82.